The molecule has 1 aromatic carbocycles. The van der Waals surface area contributed by atoms with Gasteiger partial charge in [0, 0.05) is 36.6 Å². The normalized spacial score (nSPS) is 10.8. The molecule has 0 atom stereocenters. The average Bonchev–Trinajstić information content (AvgIpc) is 3.71. The van der Waals surface area contributed by atoms with E-state index in [2.05, 4.69) is 26.2 Å². The summed E-state index contributed by atoms with van der Waals surface area (Å²) in [4.78, 5) is 23.5. The first-order valence-corrected chi connectivity index (χ1v) is 13.3. The van der Waals surface area contributed by atoms with Gasteiger partial charge in [-0.25, -0.2) is 4.98 Å². The number of furan rings is 1. The van der Waals surface area contributed by atoms with Crippen molar-refractivity contribution in [1.29, 1.82) is 5.26 Å². The van der Waals surface area contributed by atoms with Gasteiger partial charge in [0.25, 0.3) is 5.91 Å². The van der Waals surface area contributed by atoms with Gasteiger partial charge in [-0.3, -0.25) is 14.3 Å². The van der Waals surface area contributed by atoms with Crippen molar-refractivity contribution in [2.24, 2.45) is 0 Å². The van der Waals surface area contributed by atoms with E-state index < -0.39 is 0 Å². The van der Waals surface area contributed by atoms with E-state index in [4.69, 9.17) is 9.68 Å². The Balaban J connectivity index is 1.33. The Labute approximate surface area is 221 Å². The molecule has 1 amide bonds. The summed E-state index contributed by atoms with van der Waals surface area (Å²) in [6.45, 7) is 0.688. The topological polar surface area (TPSA) is 114 Å². The number of para-hydroxylation sites is 1. The van der Waals surface area contributed by atoms with Crippen LogP contribution in [0.5, 0.6) is 0 Å². The van der Waals surface area contributed by atoms with Crippen molar-refractivity contribution >= 4 is 29.0 Å². The molecule has 0 aliphatic carbocycles. The summed E-state index contributed by atoms with van der Waals surface area (Å²) in [7, 11) is 0. The number of nitrogens with zero attached hydrogens (tertiary/aromatic N) is 7. The zero-order valence-electron chi connectivity index (χ0n) is 19.6. The quantitative estimate of drug-likeness (QED) is 0.227. The van der Waals surface area contributed by atoms with E-state index in [1.165, 1.54) is 23.1 Å². The minimum atomic E-state index is -0.209. The van der Waals surface area contributed by atoms with E-state index in [1.54, 1.807) is 28.9 Å². The van der Waals surface area contributed by atoms with Gasteiger partial charge >= 0.3 is 0 Å². The SMILES string of the molecule is N#CCCN(Cc1cccnc1)C(=O)c1csc(CSc2nnc(-c3ccco3)n2-c2ccccc2)n1. The number of hydrogen-bond donors (Lipinski definition) is 0. The summed E-state index contributed by atoms with van der Waals surface area (Å²) in [6.07, 6.45) is 5.25. The van der Waals surface area contributed by atoms with Crippen LogP contribution >= 0.6 is 23.1 Å². The lowest BCUT2D eigenvalue weighted by molar-refractivity contribution is 0.0741. The van der Waals surface area contributed by atoms with Crippen LogP contribution in [0.4, 0.5) is 0 Å². The van der Waals surface area contributed by atoms with Crippen molar-refractivity contribution in [1.82, 2.24) is 29.6 Å². The zero-order chi connectivity index (χ0) is 25.5. The first-order valence-electron chi connectivity index (χ1n) is 11.4. The Morgan fingerprint density at radius 2 is 2.03 bits per heavy atom. The van der Waals surface area contributed by atoms with Crippen molar-refractivity contribution < 1.29 is 9.21 Å². The molecular weight excluding hydrogens is 506 g/mol. The van der Waals surface area contributed by atoms with Crippen LogP contribution in [0.3, 0.4) is 0 Å². The van der Waals surface area contributed by atoms with Gasteiger partial charge in [-0.15, -0.1) is 21.5 Å². The van der Waals surface area contributed by atoms with Crippen molar-refractivity contribution in [3.8, 4) is 23.3 Å². The second-order valence-electron chi connectivity index (χ2n) is 7.87. The number of amides is 1. The van der Waals surface area contributed by atoms with E-state index >= 15 is 0 Å². The molecule has 0 N–H and O–H groups in total. The van der Waals surface area contributed by atoms with E-state index in [0.717, 1.165) is 16.3 Å². The summed E-state index contributed by atoms with van der Waals surface area (Å²) in [6, 6.07) is 19.3. The van der Waals surface area contributed by atoms with Gasteiger partial charge < -0.3 is 9.32 Å². The highest BCUT2D eigenvalue weighted by Gasteiger charge is 2.21. The van der Waals surface area contributed by atoms with Gasteiger partial charge in [0.2, 0.25) is 5.82 Å². The molecule has 0 aliphatic heterocycles. The number of hydrogen-bond acceptors (Lipinski definition) is 9. The third kappa shape index (κ3) is 5.77. The number of aromatic nitrogens is 5. The monoisotopic (exact) mass is 527 g/mol. The summed E-state index contributed by atoms with van der Waals surface area (Å²) in [5.74, 6) is 1.54. The molecule has 5 aromatic rings. The van der Waals surface area contributed by atoms with E-state index in [-0.39, 0.29) is 12.3 Å². The molecule has 9 nitrogen and oxygen atoms in total. The molecule has 0 aliphatic rings. The number of carbonyl (C=O) groups is 1. The fourth-order valence-corrected chi connectivity index (χ4v) is 5.39. The van der Waals surface area contributed by atoms with E-state index in [9.17, 15) is 4.79 Å². The first-order chi connectivity index (χ1) is 18.2. The summed E-state index contributed by atoms with van der Waals surface area (Å²) >= 11 is 2.90. The van der Waals surface area contributed by atoms with Crippen LogP contribution in [0.25, 0.3) is 17.3 Å². The highest BCUT2D eigenvalue weighted by atomic mass is 32.2. The Morgan fingerprint density at radius 3 is 2.78 bits per heavy atom. The van der Waals surface area contributed by atoms with Crippen LogP contribution in [0.2, 0.25) is 0 Å². The average molecular weight is 528 g/mol. The Bertz CT molecular complexity index is 1490. The number of benzene rings is 1. The largest absolute Gasteiger partial charge is 0.461 e. The molecule has 184 valence electrons. The van der Waals surface area contributed by atoms with Gasteiger partial charge in [0.05, 0.1) is 24.5 Å². The molecule has 4 aromatic heterocycles. The standard InChI is InChI=1S/C26H21N7O2S2/c27-11-6-13-32(16-19-7-4-12-28-15-19)25(34)21-17-36-23(29-21)18-37-26-31-30-24(22-10-5-14-35-22)33(26)20-8-2-1-3-9-20/h1-5,7-10,12,14-15,17H,6,13,16,18H2. The molecule has 5 rings (SSSR count). The molecular formula is C26H21N7O2S2. The Hall–Kier alpha value is -4.27. The van der Waals surface area contributed by atoms with Gasteiger partial charge in [-0.05, 0) is 35.9 Å². The molecule has 0 unspecified atom stereocenters. The molecule has 0 saturated heterocycles. The number of thioether (sulfide) groups is 1. The molecule has 0 radical (unpaired) electrons. The number of rotatable bonds is 10. The molecule has 0 fully saturated rings. The van der Waals surface area contributed by atoms with Crippen LogP contribution in [0, 0.1) is 11.3 Å². The molecule has 0 bridgehead atoms. The maximum absolute atomic E-state index is 13.2. The lowest BCUT2D eigenvalue weighted by Gasteiger charge is -2.20. The van der Waals surface area contributed by atoms with E-state index in [0.29, 0.717) is 41.3 Å². The van der Waals surface area contributed by atoms with Crippen LogP contribution < -0.4 is 0 Å². The van der Waals surface area contributed by atoms with Crippen molar-refractivity contribution in [2.45, 2.75) is 23.9 Å². The minimum Gasteiger partial charge on any atom is -0.461 e. The van der Waals surface area contributed by atoms with Crippen LogP contribution in [0.15, 0.2) is 88.2 Å². The zero-order valence-corrected chi connectivity index (χ0v) is 21.2. The molecule has 0 saturated carbocycles. The van der Waals surface area contributed by atoms with Gasteiger partial charge in [0.1, 0.15) is 10.7 Å². The maximum Gasteiger partial charge on any atom is 0.273 e. The summed E-state index contributed by atoms with van der Waals surface area (Å²) < 4.78 is 7.52. The highest BCUT2D eigenvalue weighted by Crippen LogP contribution is 2.30. The van der Waals surface area contributed by atoms with Gasteiger partial charge in [0.15, 0.2) is 10.9 Å². The third-order valence-electron chi connectivity index (χ3n) is 5.36. The van der Waals surface area contributed by atoms with Crippen molar-refractivity contribution in [3.05, 3.63) is 94.9 Å². The molecule has 37 heavy (non-hydrogen) atoms. The first kappa shape index (κ1) is 24.4. The van der Waals surface area contributed by atoms with Crippen molar-refractivity contribution in [2.75, 3.05) is 6.54 Å². The molecule has 4 heterocycles. The van der Waals surface area contributed by atoms with Crippen LogP contribution in [-0.2, 0) is 12.3 Å². The molecule has 11 heteroatoms. The lowest BCUT2D eigenvalue weighted by Crippen LogP contribution is -2.31. The Morgan fingerprint density at radius 1 is 1.14 bits per heavy atom. The fraction of sp³-hybridized carbons (Fsp3) is 0.154. The highest BCUT2D eigenvalue weighted by molar-refractivity contribution is 7.98. The van der Waals surface area contributed by atoms with Gasteiger partial charge in [-0.1, -0.05) is 36.0 Å². The Kier molecular flexibility index (Phi) is 7.69. The second kappa shape index (κ2) is 11.6. The third-order valence-corrected chi connectivity index (χ3v) is 7.33. The molecule has 0 spiro atoms. The van der Waals surface area contributed by atoms with Crippen LogP contribution in [0.1, 0.15) is 27.5 Å². The number of carbonyl (C=O) groups excluding carboxylic acids is 1. The predicted octanol–water partition coefficient (Wildman–Crippen LogP) is 5.23. The second-order valence-corrected chi connectivity index (χ2v) is 9.75. The van der Waals surface area contributed by atoms with Crippen LogP contribution in [-0.4, -0.2) is 42.1 Å². The van der Waals surface area contributed by atoms with E-state index in [1.807, 2.05) is 59.2 Å². The predicted molar refractivity (Wildman–Crippen MR) is 140 cm³/mol. The summed E-state index contributed by atoms with van der Waals surface area (Å²) in [5, 5.41) is 21.0. The smallest absolute Gasteiger partial charge is 0.273 e. The number of thiazole rings is 1. The minimum absolute atomic E-state index is 0.209. The number of pyridine rings is 1. The summed E-state index contributed by atoms with van der Waals surface area (Å²) in [5.41, 5.74) is 2.18. The number of nitriles is 1. The van der Waals surface area contributed by atoms with Crippen molar-refractivity contribution in [3.63, 3.8) is 0 Å². The lowest BCUT2D eigenvalue weighted by atomic mass is 10.2. The maximum atomic E-state index is 13.2. The van der Waals surface area contributed by atoms with Gasteiger partial charge in [-0.2, -0.15) is 5.26 Å². The fourth-order valence-electron chi connectivity index (χ4n) is 3.65.